The zero-order valence-electron chi connectivity index (χ0n) is 12.0. The first kappa shape index (κ1) is 12.6. The van der Waals surface area contributed by atoms with E-state index in [0.717, 1.165) is 18.2 Å². The molecule has 1 saturated carbocycles. The van der Waals surface area contributed by atoms with E-state index in [4.69, 9.17) is 0 Å². The van der Waals surface area contributed by atoms with Crippen molar-refractivity contribution in [1.29, 1.82) is 0 Å². The van der Waals surface area contributed by atoms with Gasteiger partial charge >= 0.3 is 0 Å². The highest BCUT2D eigenvalue weighted by Crippen LogP contribution is 2.51. The van der Waals surface area contributed by atoms with E-state index in [9.17, 15) is 0 Å². The monoisotopic (exact) mass is 235 g/mol. The fourth-order valence-corrected chi connectivity index (χ4v) is 2.50. The van der Waals surface area contributed by atoms with Crippen LogP contribution in [0.4, 0.5) is 0 Å². The molecule has 17 heavy (non-hydrogen) atoms. The van der Waals surface area contributed by atoms with Gasteiger partial charge in [0.25, 0.3) is 0 Å². The van der Waals surface area contributed by atoms with Gasteiger partial charge in [0.05, 0.1) is 12.2 Å². The maximum atomic E-state index is 4.64. The van der Waals surface area contributed by atoms with Crippen molar-refractivity contribution >= 4 is 0 Å². The van der Waals surface area contributed by atoms with Crippen molar-refractivity contribution in [2.75, 3.05) is 13.6 Å². The average Bonchev–Trinajstić information content (AvgIpc) is 2.74. The summed E-state index contributed by atoms with van der Waals surface area (Å²) in [7, 11) is 4.31. The van der Waals surface area contributed by atoms with E-state index >= 15 is 0 Å². The third-order valence-corrected chi connectivity index (χ3v) is 4.37. The molecule has 1 aromatic rings. The zero-order chi connectivity index (χ0) is 12.8. The molecule has 0 N–H and O–H groups in total. The summed E-state index contributed by atoms with van der Waals surface area (Å²) < 4.78 is 2.21. The summed E-state index contributed by atoms with van der Waals surface area (Å²) >= 11 is 0. The number of aromatic nitrogens is 2. The predicted octanol–water partition coefficient (Wildman–Crippen LogP) is 2.51. The fourth-order valence-electron chi connectivity index (χ4n) is 2.50. The minimum atomic E-state index is 0.571. The van der Waals surface area contributed by atoms with Crippen LogP contribution in [-0.4, -0.2) is 28.0 Å². The normalized spacial score (nSPS) is 22.2. The molecule has 2 rings (SSSR count). The number of aryl methyl sites for hydroxylation is 1. The van der Waals surface area contributed by atoms with Gasteiger partial charge in [0, 0.05) is 19.3 Å². The largest absolute Gasteiger partial charge is 0.334 e. The van der Waals surface area contributed by atoms with Crippen LogP contribution in [0.25, 0.3) is 0 Å². The maximum absolute atomic E-state index is 4.64. The quantitative estimate of drug-likeness (QED) is 0.799. The summed E-state index contributed by atoms with van der Waals surface area (Å²) in [5, 5.41) is 0. The zero-order valence-corrected chi connectivity index (χ0v) is 12.0. The van der Waals surface area contributed by atoms with Gasteiger partial charge in [-0.1, -0.05) is 13.8 Å². The lowest BCUT2D eigenvalue weighted by Gasteiger charge is -2.17. The molecule has 0 unspecified atom stereocenters. The first-order chi connectivity index (χ1) is 7.81. The van der Waals surface area contributed by atoms with E-state index in [-0.39, 0.29) is 0 Å². The molecule has 0 radical (unpaired) electrons. The van der Waals surface area contributed by atoms with Gasteiger partial charge in [0.1, 0.15) is 5.82 Å². The molecule has 1 aliphatic carbocycles. The highest BCUT2D eigenvalue weighted by molar-refractivity contribution is 5.13. The lowest BCUT2D eigenvalue weighted by atomic mass is 10.1. The summed E-state index contributed by atoms with van der Waals surface area (Å²) in [4.78, 5) is 7.04. The Hall–Kier alpha value is -0.830. The second-order valence-electron chi connectivity index (χ2n) is 6.34. The Morgan fingerprint density at radius 3 is 2.41 bits per heavy atom. The van der Waals surface area contributed by atoms with Crippen LogP contribution in [0.1, 0.15) is 37.5 Å². The number of nitrogens with zero attached hydrogens (tertiary/aromatic N) is 3. The fraction of sp³-hybridized carbons (Fsp3) is 0.786. The number of imidazole rings is 1. The minimum absolute atomic E-state index is 0.571. The van der Waals surface area contributed by atoms with Gasteiger partial charge in [-0.05, 0) is 38.6 Å². The molecule has 0 saturated heterocycles. The van der Waals surface area contributed by atoms with Crippen molar-refractivity contribution in [2.24, 2.45) is 18.4 Å². The van der Waals surface area contributed by atoms with Gasteiger partial charge in [-0.3, -0.25) is 4.90 Å². The lowest BCUT2D eigenvalue weighted by molar-refractivity contribution is 0.285. The van der Waals surface area contributed by atoms with Crippen molar-refractivity contribution < 1.29 is 0 Å². The Kier molecular flexibility index (Phi) is 3.06. The maximum Gasteiger partial charge on any atom is 0.123 e. The topological polar surface area (TPSA) is 21.1 Å². The molecule has 3 heteroatoms. The number of hydrogen-bond acceptors (Lipinski definition) is 2. The molecule has 0 bridgehead atoms. The highest BCUT2D eigenvalue weighted by Gasteiger charge is 2.45. The van der Waals surface area contributed by atoms with Crippen LogP contribution >= 0.6 is 0 Å². The van der Waals surface area contributed by atoms with Crippen molar-refractivity contribution in [2.45, 2.75) is 40.7 Å². The van der Waals surface area contributed by atoms with E-state index in [1.165, 1.54) is 24.5 Å². The van der Waals surface area contributed by atoms with Gasteiger partial charge in [0.15, 0.2) is 0 Å². The summed E-state index contributed by atoms with van der Waals surface area (Å²) in [5.74, 6) is 2.05. The molecular weight excluding hydrogens is 210 g/mol. The smallest absolute Gasteiger partial charge is 0.123 e. The molecule has 0 amide bonds. The van der Waals surface area contributed by atoms with Crippen LogP contribution in [-0.2, 0) is 13.6 Å². The van der Waals surface area contributed by atoms with Crippen molar-refractivity contribution in [3.05, 3.63) is 17.2 Å². The summed E-state index contributed by atoms with van der Waals surface area (Å²) in [6, 6.07) is 0. The van der Waals surface area contributed by atoms with E-state index in [1.807, 2.05) is 0 Å². The molecule has 1 fully saturated rings. The van der Waals surface area contributed by atoms with Crippen LogP contribution in [0, 0.1) is 25.2 Å². The Balaban J connectivity index is 1.94. The van der Waals surface area contributed by atoms with Crippen LogP contribution < -0.4 is 0 Å². The lowest BCUT2D eigenvalue weighted by Crippen LogP contribution is -2.23. The van der Waals surface area contributed by atoms with Gasteiger partial charge in [-0.25, -0.2) is 4.98 Å². The molecule has 0 aliphatic heterocycles. The standard InChI is InChI=1S/C14H25N3/c1-10-11(2)17(6)13(15-10)9-16(5)8-12-7-14(12,3)4/h12H,7-9H2,1-6H3/t12-/m1/s1. The van der Waals surface area contributed by atoms with Crippen molar-refractivity contribution in [3.63, 3.8) is 0 Å². The second kappa shape index (κ2) is 4.13. The van der Waals surface area contributed by atoms with E-state index in [2.05, 4.69) is 56.2 Å². The van der Waals surface area contributed by atoms with Gasteiger partial charge in [0.2, 0.25) is 0 Å². The van der Waals surface area contributed by atoms with Crippen molar-refractivity contribution in [3.8, 4) is 0 Å². The van der Waals surface area contributed by atoms with Crippen LogP contribution in [0.2, 0.25) is 0 Å². The van der Waals surface area contributed by atoms with E-state index in [0.29, 0.717) is 5.41 Å². The Morgan fingerprint density at radius 1 is 1.41 bits per heavy atom. The summed E-state index contributed by atoms with van der Waals surface area (Å²) in [6.07, 6.45) is 1.37. The van der Waals surface area contributed by atoms with E-state index < -0.39 is 0 Å². The molecule has 1 aromatic heterocycles. The third kappa shape index (κ3) is 2.54. The van der Waals surface area contributed by atoms with Gasteiger partial charge in [-0.15, -0.1) is 0 Å². The SMILES string of the molecule is Cc1nc(CN(C)C[C@H]2CC2(C)C)n(C)c1C. The molecule has 1 atom stereocenters. The Morgan fingerprint density at radius 2 is 2.00 bits per heavy atom. The highest BCUT2D eigenvalue weighted by atomic mass is 15.2. The van der Waals surface area contributed by atoms with Gasteiger partial charge < -0.3 is 4.57 Å². The van der Waals surface area contributed by atoms with Crippen LogP contribution in [0.3, 0.4) is 0 Å². The summed E-state index contributed by atoms with van der Waals surface area (Å²) in [6.45, 7) is 11.1. The van der Waals surface area contributed by atoms with Crippen LogP contribution in [0.5, 0.6) is 0 Å². The average molecular weight is 235 g/mol. The number of hydrogen-bond donors (Lipinski definition) is 0. The molecular formula is C14H25N3. The molecule has 1 heterocycles. The first-order valence-corrected chi connectivity index (χ1v) is 6.48. The predicted molar refractivity (Wildman–Crippen MR) is 70.9 cm³/mol. The molecule has 1 aliphatic rings. The Bertz CT molecular complexity index is 417. The summed E-state index contributed by atoms with van der Waals surface area (Å²) in [5.41, 5.74) is 3.00. The molecule has 3 nitrogen and oxygen atoms in total. The van der Waals surface area contributed by atoms with Crippen molar-refractivity contribution in [1.82, 2.24) is 14.5 Å². The minimum Gasteiger partial charge on any atom is -0.334 e. The third-order valence-electron chi connectivity index (χ3n) is 4.37. The molecule has 96 valence electrons. The van der Waals surface area contributed by atoms with Gasteiger partial charge in [-0.2, -0.15) is 0 Å². The molecule has 0 aromatic carbocycles. The van der Waals surface area contributed by atoms with Crippen LogP contribution in [0.15, 0.2) is 0 Å². The van der Waals surface area contributed by atoms with E-state index in [1.54, 1.807) is 0 Å². The molecule has 0 spiro atoms. The Labute approximate surface area is 105 Å². The number of rotatable bonds is 4. The first-order valence-electron chi connectivity index (χ1n) is 6.48. The second-order valence-corrected chi connectivity index (χ2v) is 6.34.